The zero-order valence-electron chi connectivity index (χ0n) is 8.31. The highest BCUT2D eigenvalue weighted by molar-refractivity contribution is 4.67. The van der Waals surface area contributed by atoms with Gasteiger partial charge in [-0.25, -0.2) is 0 Å². The molecule has 0 heterocycles. The number of hydrogen-bond acceptors (Lipinski definition) is 0. The first kappa shape index (κ1) is 13.6. The average molecular weight is 161 g/mol. The van der Waals surface area contributed by atoms with E-state index >= 15 is 0 Å². The van der Waals surface area contributed by atoms with Gasteiger partial charge in [0, 0.05) is 1.43 Å². The molecule has 0 aromatic heterocycles. The Kier molecular flexibility index (Phi) is 6.94. The summed E-state index contributed by atoms with van der Waals surface area (Å²) in [5.74, 6) is 3.38. The molecule has 0 fully saturated rings. The van der Waals surface area contributed by atoms with Crippen molar-refractivity contribution in [3.05, 3.63) is 0 Å². The molecule has 0 radical (unpaired) electrons. The molecular weight excluding hydrogens is 132 g/mol. The van der Waals surface area contributed by atoms with Crippen LogP contribution in [0.3, 0.4) is 0 Å². The molecule has 0 saturated carbocycles. The molecule has 72 valence electrons. The van der Waals surface area contributed by atoms with E-state index in [0.717, 1.165) is 23.7 Å². The van der Waals surface area contributed by atoms with Crippen molar-refractivity contribution >= 4 is 0 Å². The lowest BCUT2D eigenvalue weighted by Crippen LogP contribution is -2.18. The highest BCUT2D eigenvalue weighted by Crippen LogP contribution is 2.25. The van der Waals surface area contributed by atoms with E-state index in [1.807, 2.05) is 0 Å². The van der Waals surface area contributed by atoms with E-state index in [1.165, 1.54) is 0 Å². The van der Waals surface area contributed by atoms with Gasteiger partial charge in [0.1, 0.15) is 0 Å². The van der Waals surface area contributed by atoms with E-state index in [1.54, 1.807) is 0 Å². The minimum atomic E-state index is 0. The van der Waals surface area contributed by atoms with Crippen molar-refractivity contribution in [2.45, 2.75) is 49.0 Å². The summed E-state index contributed by atoms with van der Waals surface area (Å²) in [5, 5.41) is 0. The Hall–Kier alpha value is 0. The first-order chi connectivity index (χ1) is 4.46. The molecule has 0 aliphatic carbocycles. The first-order valence-corrected chi connectivity index (χ1v) is 4.46. The molecule has 0 aliphatic heterocycles. The van der Waals surface area contributed by atoms with E-state index in [0.29, 0.717) is 0 Å². The number of rotatable bonds is 3. The zero-order valence-corrected chi connectivity index (χ0v) is 8.31. The van der Waals surface area contributed by atoms with Gasteiger partial charge in [0.15, 0.2) is 0 Å². The molecule has 0 amide bonds. The summed E-state index contributed by atoms with van der Waals surface area (Å²) in [6.45, 7) is 13.9. The third-order valence-electron chi connectivity index (χ3n) is 2.93. The standard InChI is InChI=1S/C10H22.CH4.H2/c1-7(2)9(5)10(6)8(3)4;;/h7-10H,1-6H3;1H4;1H/t9-,10+;;/i;;1+1. The second-order valence-electron chi connectivity index (χ2n) is 4.21. The Morgan fingerprint density at radius 2 is 0.818 bits per heavy atom. The van der Waals surface area contributed by atoms with Gasteiger partial charge in [-0.3, -0.25) is 0 Å². The third kappa shape index (κ3) is 4.44. The van der Waals surface area contributed by atoms with E-state index in [4.69, 9.17) is 0 Å². The smallest absolute Gasteiger partial charge is 0 e. The van der Waals surface area contributed by atoms with Crippen LogP contribution in [-0.2, 0) is 0 Å². The Bertz CT molecular complexity index is 75.0. The normalized spacial score (nSPS) is 16.4. The van der Waals surface area contributed by atoms with Crippen molar-refractivity contribution in [3.8, 4) is 0 Å². The molecule has 0 nitrogen and oxygen atoms in total. The molecule has 0 spiro atoms. The van der Waals surface area contributed by atoms with Crippen LogP contribution in [0.15, 0.2) is 0 Å². The number of hydrogen-bond donors (Lipinski definition) is 0. The fraction of sp³-hybridized carbons (Fsp3) is 1.00. The molecule has 11 heavy (non-hydrogen) atoms. The summed E-state index contributed by atoms with van der Waals surface area (Å²) >= 11 is 0. The molecule has 0 aromatic rings. The van der Waals surface area contributed by atoms with Crippen LogP contribution in [0.5, 0.6) is 0 Å². The fourth-order valence-corrected chi connectivity index (χ4v) is 1.21. The lowest BCUT2D eigenvalue weighted by molar-refractivity contribution is 0.235. The van der Waals surface area contributed by atoms with Gasteiger partial charge in [-0.05, 0) is 23.7 Å². The molecule has 0 saturated heterocycles. The van der Waals surface area contributed by atoms with Gasteiger partial charge in [-0.15, -0.1) is 0 Å². The van der Waals surface area contributed by atoms with Crippen molar-refractivity contribution < 1.29 is 1.43 Å². The Labute approximate surface area is 74.9 Å². The SMILES string of the molecule is C.CC(C)[C@@H](C)[C@@H](C)C(C)C.[2HH]. The molecule has 2 atom stereocenters. The first-order valence-electron chi connectivity index (χ1n) is 4.46. The van der Waals surface area contributed by atoms with Crippen LogP contribution in [-0.4, -0.2) is 0 Å². The quantitative estimate of drug-likeness (QED) is 0.573. The summed E-state index contributed by atoms with van der Waals surface area (Å²) in [5.41, 5.74) is 0. The molecule has 0 rings (SSSR count). The molecular formula is C11H28. The van der Waals surface area contributed by atoms with Crippen molar-refractivity contribution in [1.82, 2.24) is 0 Å². The van der Waals surface area contributed by atoms with Crippen LogP contribution in [0.25, 0.3) is 0 Å². The van der Waals surface area contributed by atoms with Gasteiger partial charge in [0.05, 0.1) is 0 Å². The van der Waals surface area contributed by atoms with Crippen LogP contribution in [0.4, 0.5) is 0 Å². The van der Waals surface area contributed by atoms with Crippen LogP contribution >= 0.6 is 0 Å². The van der Waals surface area contributed by atoms with Crippen LogP contribution in [0.1, 0.15) is 50.4 Å². The summed E-state index contributed by atoms with van der Waals surface area (Å²) in [6, 6.07) is 0. The molecule has 0 aliphatic rings. The topological polar surface area (TPSA) is 0 Å². The van der Waals surface area contributed by atoms with Crippen LogP contribution < -0.4 is 0 Å². The average Bonchev–Trinajstić information content (AvgIpc) is 1.84. The minimum absolute atomic E-state index is 0. The van der Waals surface area contributed by atoms with Gasteiger partial charge in [-0.1, -0.05) is 49.0 Å². The highest BCUT2D eigenvalue weighted by atomic mass is 14.2. The second-order valence-corrected chi connectivity index (χ2v) is 4.21. The van der Waals surface area contributed by atoms with E-state index < -0.39 is 0 Å². The van der Waals surface area contributed by atoms with E-state index in [2.05, 4.69) is 41.5 Å². The lowest BCUT2D eigenvalue weighted by atomic mass is 9.80. The van der Waals surface area contributed by atoms with Gasteiger partial charge < -0.3 is 0 Å². The largest absolute Gasteiger partial charge is 0.0776 e. The third-order valence-corrected chi connectivity index (χ3v) is 2.93. The Morgan fingerprint density at radius 1 is 0.636 bits per heavy atom. The van der Waals surface area contributed by atoms with Crippen molar-refractivity contribution in [2.24, 2.45) is 23.7 Å². The van der Waals surface area contributed by atoms with Crippen molar-refractivity contribution in [1.29, 1.82) is 0 Å². The van der Waals surface area contributed by atoms with Gasteiger partial charge in [0.25, 0.3) is 0 Å². The molecule has 0 aromatic carbocycles. The molecule has 0 heteroatoms. The zero-order chi connectivity index (χ0) is 8.31. The highest BCUT2D eigenvalue weighted by Gasteiger charge is 2.17. The van der Waals surface area contributed by atoms with E-state index in [9.17, 15) is 0 Å². The van der Waals surface area contributed by atoms with Crippen molar-refractivity contribution in [2.75, 3.05) is 0 Å². The van der Waals surface area contributed by atoms with Crippen molar-refractivity contribution in [3.63, 3.8) is 0 Å². The second kappa shape index (κ2) is 5.62. The molecule has 0 N–H and O–H groups in total. The minimum Gasteiger partial charge on any atom is -0.0776 e. The maximum Gasteiger partial charge on any atom is 0 e. The fourth-order valence-electron chi connectivity index (χ4n) is 1.21. The van der Waals surface area contributed by atoms with E-state index in [-0.39, 0.29) is 8.85 Å². The summed E-state index contributed by atoms with van der Waals surface area (Å²) in [6.07, 6.45) is 0. The predicted octanol–water partition coefficient (Wildman–Crippen LogP) is 4.45. The lowest BCUT2D eigenvalue weighted by Gasteiger charge is -2.26. The van der Waals surface area contributed by atoms with Crippen LogP contribution in [0, 0.1) is 23.7 Å². The van der Waals surface area contributed by atoms with Gasteiger partial charge in [-0.2, -0.15) is 0 Å². The summed E-state index contributed by atoms with van der Waals surface area (Å²) < 4.78 is 0. The molecule has 0 unspecified atom stereocenters. The monoisotopic (exact) mass is 161 g/mol. The predicted molar refractivity (Wildman–Crippen MR) is 56.8 cm³/mol. The van der Waals surface area contributed by atoms with Gasteiger partial charge >= 0.3 is 0 Å². The maximum atomic E-state index is 2.36. The summed E-state index contributed by atoms with van der Waals surface area (Å²) in [4.78, 5) is 0. The van der Waals surface area contributed by atoms with Crippen LogP contribution in [0.2, 0.25) is 0 Å². The maximum absolute atomic E-state index is 2.36. The Morgan fingerprint density at radius 3 is 0.909 bits per heavy atom. The molecule has 0 bridgehead atoms. The summed E-state index contributed by atoms with van der Waals surface area (Å²) in [7, 11) is 0. The Balaban J connectivity index is -0.000000405. The van der Waals surface area contributed by atoms with Gasteiger partial charge in [0.2, 0.25) is 0 Å².